The van der Waals surface area contributed by atoms with Crippen LogP contribution in [0.3, 0.4) is 0 Å². The summed E-state index contributed by atoms with van der Waals surface area (Å²) >= 11 is 3.62. The van der Waals surface area contributed by atoms with Crippen LogP contribution in [-0.2, 0) is 4.79 Å². The van der Waals surface area contributed by atoms with Crippen LogP contribution in [0.2, 0.25) is 0 Å². The normalized spacial score (nSPS) is 13.8. The van der Waals surface area contributed by atoms with Gasteiger partial charge in [-0.3, -0.25) is 33.9 Å². The summed E-state index contributed by atoms with van der Waals surface area (Å²) in [5.41, 5.74) is -2.14. The Morgan fingerprint density at radius 3 is 1.31 bits per heavy atom. The molecule has 0 spiro atoms. The van der Waals surface area contributed by atoms with E-state index in [2.05, 4.69) is 9.97 Å². The van der Waals surface area contributed by atoms with E-state index in [0.717, 1.165) is 19.4 Å². The molecule has 3 heterocycles. The van der Waals surface area contributed by atoms with Crippen molar-refractivity contribution >= 4 is 72.6 Å². The summed E-state index contributed by atoms with van der Waals surface area (Å²) in [7, 11) is 1.84. The zero-order valence-electron chi connectivity index (χ0n) is 13.4. The first-order valence-corrected chi connectivity index (χ1v) is 9.40. The number of benzene rings is 1. The zero-order chi connectivity index (χ0) is 18.5. The number of fused-ring (bicyclic) bond motifs is 2. The van der Waals surface area contributed by atoms with Crippen LogP contribution in [-0.4, -0.2) is 39.8 Å². The molecule has 1 saturated heterocycles. The molecule has 1 aliphatic rings. The van der Waals surface area contributed by atoms with Gasteiger partial charge in [-0.05, 0) is 51.6 Å². The molecule has 0 saturated carbocycles. The van der Waals surface area contributed by atoms with E-state index in [-0.39, 0.29) is 27.0 Å². The summed E-state index contributed by atoms with van der Waals surface area (Å²) in [6.07, 6.45) is 1.81. The molecule has 26 heavy (non-hydrogen) atoms. The minimum absolute atomic E-state index is 0. The largest absolute Gasteiger partial charge is 0.412 e. The second-order valence-corrected chi connectivity index (χ2v) is 7.77. The van der Waals surface area contributed by atoms with Crippen LogP contribution in [0.25, 0.3) is 21.5 Å². The molecule has 4 N–H and O–H groups in total. The predicted octanol–water partition coefficient (Wildman–Crippen LogP) is -0.411. The zero-order valence-corrected chi connectivity index (χ0v) is 17.7. The number of H-pyrrole nitrogens is 2. The standard InChI is InChI=1S/C10H2I2N2O4.C5H9NO.H2O/c11-5-1-2(8(16)13-7(1)15)6(12)4-3(5)9(17)14-10(4)18;1-6-4-2-3-5(6)7;/h(H,13,15,16)(H,14,17,18);2-4H2,1H3;1H2. The number of aromatic amines is 2. The van der Waals surface area contributed by atoms with E-state index in [0.29, 0.717) is 13.0 Å². The number of amides is 1. The van der Waals surface area contributed by atoms with Crippen molar-refractivity contribution in [3.05, 3.63) is 48.6 Å². The summed E-state index contributed by atoms with van der Waals surface area (Å²) in [5.74, 6) is 0.292. The molecule has 1 aromatic carbocycles. The van der Waals surface area contributed by atoms with E-state index in [9.17, 15) is 24.0 Å². The van der Waals surface area contributed by atoms with Crippen molar-refractivity contribution in [2.45, 2.75) is 12.8 Å². The van der Waals surface area contributed by atoms with Crippen LogP contribution in [0, 0.1) is 7.14 Å². The highest BCUT2D eigenvalue weighted by Crippen LogP contribution is 2.27. The second-order valence-electron chi connectivity index (χ2n) is 5.61. The Balaban J connectivity index is 0.000000258. The third-order valence-corrected chi connectivity index (χ3v) is 6.21. The third-order valence-electron chi connectivity index (χ3n) is 4.05. The molecule has 0 aliphatic carbocycles. The van der Waals surface area contributed by atoms with E-state index in [1.165, 1.54) is 0 Å². The molecule has 4 rings (SSSR count). The Bertz CT molecular complexity index is 1060. The maximum absolute atomic E-state index is 11.7. The van der Waals surface area contributed by atoms with Gasteiger partial charge < -0.3 is 10.4 Å². The van der Waals surface area contributed by atoms with Crippen LogP contribution >= 0.6 is 45.2 Å². The molecule has 0 radical (unpaired) electrons. The molecule has 3 aromatic rings. The molecule has 1 aliphatic heterocycles. The number of carbonyl (C=O) groups excluding carboxylic acids is 1. The van der Waals surface area contributed by atoms with Crippen LogP contribution in [0.4, 0.5) is 0 Å². The van der Waals surface area contributed by atoms with Crippen molar-refractivity contribution in [3.63, 3.8) is 0 Å². The van der Waals surface area contributed by atoms with Crippen molar-refractivity contribution in [2.24, 2.45) is 0 Å². The number of halogens is 2. The first kappa shape index (κ1) is 20.7. The molecule has 1 fully saturated rings. The van der Waals surface area contributed by atoms with Gasteiger partial charge in [0.2, 0.25) is 5.91 Å². The number of nitrogens with zero attached hydrogens (tertiary/aromatic N) is 1. The SMILES string of the molecule is CN1CCCC1=O.O.O=c1[nH]c(=O)c2c(I)c3c(=O)[nH]c(=O)c3c(I)c12. The quantitative estimate of drug-likeness (QED) is 0.344. The van der Waals surface area contributed by atoms with Crippen LogP contribution in [0.1, 0.15) is 12.8 Å². The molecule has 0 atom stereocenters. The summed E-state index contributed by atoms with van der Waals surface area (Å²) in [6, 6.07) is 0. The van der Waals surface area contributed by atoms with Gasteiger partial charge in [0.15, 0.2) is 0 Å². The van der Waals surface area contributed by atoms with Crippen molar-refractivity contribution in [1.82, 2.24) is 14.9 Å². The Morgan fingerprint density at radius 2 is 1.12 bits per heavy atom. The Kier molecular flexibility index (Phi) is 6.02. The smallest absolute Gasteiger partial charge is 0.260 e. The average molecular weight is 585 g/mol. The fourth-order valence-electron chi connectivity index (χ4n) is 2.78. The topological polar surface area (TPSA) is 152 Å². The van der Waals surface area contributed by atoms with Gasteiger partial charge in [0.1, 0.15) is 0 Å². The van der Waals surface area contributed by atoms with Gasteiger partial charge in [-0.15, -0.1) is 0 Å². The number of carbonyl (C=O) groups is 1. The van der Waals surface area contributed by atoms with E-state index in [1.54, 1.807) is 4.90 Å². The monoisotopic (exact) mass is 585 g/mol. The molecule has 0 bridgehead atoms. The lowest BCUT2D eigenvalue weighted by Crippen LogP contribution is -2.17. The molecule has 11 heteroatoms. The highest BCUT2D eigenvalue weighted by atomic mass is 127. The number of aromatic nitrogens is 2. The number of likely N-dealkylation sites (tertiary alicyclic amines) is 1. The van der Waals surface area contributed by atoms with Crippen LogP contribution in [0.15, 0.2) is 19.2 Å². The van der Waals surface area contributed by atoms with Gasteiger partial charge in [-0.25, -0.2) is 0 Å². The highest BCUT2D eigenvalue weighted by Gasteiger charge is 2.22. The molecule has 2 aromatic heterocycles. The molecular formula is C15H13I2N3O6. The van der Waals surface area contributed by atoms with E-state index in [1.807, 2.05) is 52.2 Å². The first-order valence-electron chi connectivity index (χ1n) is 7.24. The summed E-state index contributed by atoms with van der Waals surface area (Å²) in [5, 5.41) is 0.699. The van der Waals surface area contributed by atoms with Gasteiger partial charge in [0.25, 0.3) is 22.2 Å². The van der Waals surface area contributed by atoms with Gasteiger partial charge in [0.05, 0.1) is 21.5 Å². The van der Waals surface area contributed by atoms with Gasteiger partial charge in [-0.2, -0.15) is 0 Å². The fraction of sp³-hybridized carbons (Fsp3) is 0.267. The highest BCUT2D eigenvalue weighted by molar-refractivity contribution is 14.1. The lowest BCUT2D eigenvalue weighted by Gasteiger charge is -2.03. The Labute approximate surface area is 172 Å². The van der Waals surface area contributed by atoms with Gasteiger partial charge in [-0.1, -0.05) is 0 Å². The molecule has 138 valence electrons. The summed E-state index contributed by atoms with van der Waals surface area (Å²) in [6.45, 7) is 0.957. The molecule has 0 unspecified atom stereocenters. The van der Waals surface area contributed by atoms with E-state index in [4.69, 9.17) is 0 Å². The van der Waals surface area contributed by atoms with Crippen molar-refractivity contribution in [3.8, 4) is 0 Å². The molecule has 9 nitrogen and oxygen atoms in total. The number of rotatable bonds is 0. The number of hydrogen-bond donors (Lipinski definition) is 2. The van der Waals surface area contributed by atoms with E-state index < -0.39 is 22.2 Å². The van der Waals surface area contributed by atoms with Crippen molar-refractivity contribution in [1.29, 1.82) is 0 Å². The average Bonchev–Trinajstić information content (AvgIpc) is 3.15. The first-order chi connectivity index (χ1) is 11.7. The van der Waals surface area contributed by atoms with Crippen LogP contribution in [0.5, 0.6) is 0 Å². The summed E-state index contributed by atoms with van der Waals surface area (Å²) in [4.78, 5) is 63.3. The van der Waals surface area contributed by atoms with Crippen molar-refractivity contribution in [2.75, 3.05) is 13.6 Å². The maximum atomic E-state index is 11.7. The fourth-order valence-corrected chi connectivity index (χ4v) is 4.84. The minimum atomic E-state index is -0.535. The molecular weight excluding hydrogens is 572 g/mol. The predicted molar refractivity (Wildman–Crippen MR) is 114 cm³/mol. The van der Waals surface area contributed by atoms with Crippen LogP contribution < -0.4 is 22.2 Å². The number of nitrogens with one attached hydrogen (secondary N) is 2. The summed E-state index contributed by atoms with van der Waals surface area (Å²) < 4.78 is 0.675. The lowest BCUT2D eigenvalue weighted by atomic mass is 10.1. The van der Waals surface area contributed by atoms with Gasteiger partial charge in [0, 0.05) is 27.2 Å². The second kappa shape index (κ2) is 7.56. The number of hydrogen-bond acceptors (Lipinski definition) is 5. The third kappa shape index (κ3) is 3.22. The maximum Gasteiger partial charge on any atom is 0.260 e. The molecule has 1 amide bonds. The van der Waals surface area contributed by atoms with Crippen molar-refractivity contribution < 1.29 is 10.3 Å². The van der Waals surface area contributed by atoms with E-state index >= 15 is 0 Å². The Morgan fingerprint density at radius 1 is 0.769 bits per heavy atom. The minimum Gasteiger partial charge on any atom is -0.412 e. The van der Waals surface area contributed by atoms with Gasteiger partial charge >= 0.3 is 0 Å². The lowest BCUT2D eigenvalue weighted by molar-refractivity contribution is -0.126. The Hall–Kier alpha value is -1.61.